The van der Waals surface area contributed by atoms with Crippen molar-refractivity contribution in [2.75, 3.05) is 6.54 Å². The molecule has 2 rings (SSSR count). The van der Waals surface area contributed by atoms with Crippen LogP contribution in [-0.4, -0.2) is 11.7 Å². The molecule has 0 aliphatic heterocycles. The van der Waals surface area contributed by atoms with E-state index in [1.54, 1.807) is 12.1 Å². The topological polar surface area (TPSA) is 46.2 Å². The van der Waals surface area contributed by atoms with E-state index in [0.717, 1.165) is 17.5 Å². The molecular formula is C17H19ClFNO. The first-order valence-electron chi connectivity index (χ1n) is 7.00. The van der Waals surface area contributed by atoms with E-state index in [1.807, 2.05) is 31.2 Å². The third-order valence-corrected chi connectivity index (χ3v) is 4.06. The third-order valence-electron chi connectivity index (χ3n) is 3.77. The molecular weight excluding hydrogens is 289 g/mol. The molecule has 0 saturated carbocycles. The number of aryl methyl sites for hydroxylation is 1. The van der Waals surface area contributed by atoms with Crippen LogP contribution in [-0.2, 0) is 6.42 Å². The van der Waals surface area contributed by atoms with E-state index >= 15 is 0 Å². The van der Waals surface area contributed by atoms with Crippen molar-refractivity contribution >= 4 is 11.6 Å². The fraction of sp³-hybridized carbons (Fsp3) is 0.294. The smallest absolute Gasteiger partial charge is 0.145 e. The molecule has 21 heavy (non-hydrogen) atoms. The van der Waals surface area contributed by atoms with Crippen LogP contribution in [0.1, 0.15) is 35.6 Å². The lowest BCUT2D eigenvalue weighted by Gasteiger charge is -2.24. The van der Waals surface area contributed by atoms with Gasteiger partial charge in [-0.25, -0.2) is 4.39 Å². The van der Waals surface area contributed by atoms with Crippen LogP contribution in [0.4, 0.5) is 4.39 Å². The number of hydrogen-bond acceptors (Lipinski definition) is 2. The fourth-order valence-electron chi connectivity index (χ4n) is 2.59. The van der Waals surface area contributed by atoms with Gasteiger partial charge in [0.25, 0.3) is 0 Å². The second kappa shape index (κ2) is 7.03. The molecule has 2 atom stereocenters. The first kappa shape index (κ1) is 16.0. The number of halogens is 2. The van der Waals surface area contributed by atoms with Crippen molar-refractivity contribution in [2.45, 2.75) is 25.4 Å². The minimum absolute atomic E-state index is 0.0435. The minimum atomic E-state index is -0.862. The number of aliphatic hydroxyl groups is 1. The predicted molar refractivity (Wildman–Crippen MR) is 84.0 cm³/mol. The van der Waals surface area contributed by atoms with Crippen molar-refractivity contribution in [3.8, 4) is 0 Å². The summed E-state index contributed by atoms with van der Waals surface area (Å²) in [5.74, 6) is -1.04. The lowest BCUT2D eigenvalue weighted by Crippen LogP contribution is -2.22. The Hall–Kier alpha value is -1.42. The van der Waals surface area contributed by atoms with Gasteiger partial charge in [-0.15, -0.1) is 0 Å². The number of benzene rings is 2. The maximum Gasteiger partial charge on any atom is 0.145 e. The monoisotopic (exact) mass is 307 g/mol. The van der Waals surface area contributed by atoms with Gasteiger partial charge in [-0.3, -0.25) is 0 Å². The van der Waals surface area contributed by atoms with Crippen LogP contribution in [0, 0.1) is 5.82 Å². The summed E-state index contributed by atoms with van der Waals surface area (Å²) in [5.41, 5.74) is 7.95. The summed E-state index contributed by atoms with van der Waals surface area (Å²) >= 11 is 5.83. The van der Waals surface area contributed by atoms with Crippen LogP contribution in [0.5, 0.6) is 0 Å². The highest BCUT2D eigenvalue weighted by molar-refractivity contribution is 6.30. The average Bonchev–Trinajstić information content (AvgIpc) is 2.51. The Labute approximate surface area is 129 Å². The molecule has 0 spiro atoms. The molecule has 0 radical (unpaired) electrons. The number of nitrogens with two attached hydrogens (primary N) is 1. The van der Waals surface area contributed by atoms with E-state index in [-0.39, 0.29) is 11.6 Å². The van der Waals surface area contributed by atoms with E-state index in [9.17, 15) is 9.50 Å². The molecule has 0 aliphatic carbocycles. The van der Waals surface area contributed by atoms with Crippen molar-refractivity contribution in [1.29, 1.82) is 0 Å². The molecule has 2 aromatic rings. The zero-order valence-corrected chi connectivity index (χ0v) is 12.6. The van der Waals surface area contributed by atoms with Crippen molar-refractivity contribution in [3.05, 3.63) is 70.0 Å². The molecule has 0 heterocycles. The summed E-state index contributed by atoms with van der Waals surface area (Å²) in [6.07, 6.45) is -0.0677. The summed E-state index contributed by atoms with van der Waals surface area (Å²) in [4.78, 5) is 0. The minimum Gasteiger partial charge on any atom is -0.388 e. The van der Waals surface area contributed by atoms with Gasteiger partial charge in [0, 0.05) is 12.5 Å². The molecule has 4 heteroatoms. The van der Waals surface area contributed by atoms with Crippen LogP contribution in [0.15, 0.2) is 42.5 Å². The van der Waals surface area contributed by atoms with Crippen molar-refractivity contribution in [1.82, 2.24) is 0 Å². The van der Waals surface area contributed by atoms with Gasteiger partial charge in [-0.05, 0) is 29.2 Å². The maximum atomic E-state index is 14.2. The number of hydrogen-bond donors (Lipinski definition) is 2. The lowest BCUT2D eigenvalue weighted by molar-refractivity contribution is 0.145. The van der Waals surface area contributed by atoms with Crippen molar-refractivity contribution in [3.63, 3.8) is 0 Å². The Morgan fingerprint density at radius 3 is 2.48 bits per heavy atom. The summed E-state index contributed by atoms with van der Waals surface area (Å²) in [7, 11) is 0. The van der Waals surface area contributed by atoms with Gasteiger partial charge in [-0.1, -0.05) is 54.9 Å². The van der Waals surface area contributed by atoms with E-state index in [2.05, 4.69) is 0 Å². The van der Waals surface area contributed by atoms with Gasteiger partial charge in [-0.2, -0.15) is 0 Å². The molecule has 2 unspecified atom stereocenters. The van der Waals surface area contributed by atoms with Crippen LogP contribution in [0.25, 0.3) is 0 Å². The molecule has 2 nitrogen and oxygen atoms in total. The molecule has 0 fully saturated rings. The highest BCUT2D eigenvalue weighted by Crippen LogP contribution is 2.35. The van der Waals surface area contributed by atoms with Crippen LogP contribution in [0.3, 0.4) is 0 Å². The van der Waals surface area contributed by atoms with Gasteiger partial charge in [0.05, 0.1) is 11.1 Å². The third kappa shape index (κ3) is 3.26. The summed E-state index contributed by atoms with van der Waals surface area (Å²) in [6.45, 7) is 2.15. The predicted octanol–water partition coefficient (Wildman–Crippen LogP) is 3.82. The zero-order chi connectivity index (χ0) is 15.4. The Balaban J connectivity index is 2.43. The highest BCUT2D eigenvalue weighted by atomic mass is 35.5. The molecule has 0 saturated heterocycles. The van der Waals surface area contributed by atoms with Gasteiger partial charge in [0.1, 0.15) is 5.82 Å². The molecule has 0 bridgehead atoms. The quantitative estimate of drug-likeness (QED) is 0.882. The fourth-order valence-corrected chi connectivity index (χ4v) is 2.78. The van der Waals surface area contributed by atoms with E-state index in [1.165, 1.54) is 6.07 Å². The summed E-state index contributed by atoms with van der Waals surface area (Å²) in [5, 5.41) is 10.7. The average molecular weight is 308 g/mol. The van der Waals surface area contributed by atoms with Crippen LogP contribution in [0.2, 0.25) is 5.02 Å². The lowest BCUT2D eigenvalue weighted by atomic mass is 9.86. The molecule has 3 N–H and O–H groups in total. The van der Waals surface area contributed by atoms with Crippen molar-refractivity contribution < 1.29 is 9.50 Å². The summed E-state index contributed by atoms with van der Waals surface area (Å²) in [6, 6.07) is 12.4. The van der Waals surface area contributed by atoms with Gasteiger partial charge < -0.3 is 10.8 Å². The van der Waals surface area contributed by atoms with Gasteiger partial charge >= 0.3 is 0 Å². The highest BCUT2D eigenvalue weighted by Gasteiger charge is 2.26. The molecule has 0 aliphatic rings. The SMILES string of the molecule is CCc1ccccc1C(O)C(CN)c1cccc(Cl)c1F. The van der Waals surface area contributed by atoms with Crippen LogP contribution < -0.4 is 5.73 Å². The van der Waals surface area contributed by atoms with E-state index in [0.29, 0.717) is 5.56 Å². The first-order chi connectivity index (χ1) is 10.1. The first-order valence-corrected chi connectivity index (χ1v) is 7.37. The van der Waals surface area contributed by atoms with E-state index < -0.39 is 17.8 Å². The summed E-state index contributed by atoms with van der Waals surface area (Å²) < 4.78 is 14.2. The second-order valence-electron chi connectivity index (χ2n) is 4.98. The zero-order valence-electron chi connectivity index (χ0n) is 11.9. The Morgan fingerprint density at radius 2 is 1.81 bits per heavy atom. The van der Waals surface area contributed by atoms with E-state index in [4.69, 9.17) is 17.3 Å². The largest absolute Gasteiger partial charge is 0.388 e. The molecule has 0 amide bonds. The van der Waals surface area contributed by atoms with Gasteiger partial charge in [0.2, 0.25) is 0 Å². The Morgan fingerprint density at radius 1 is 1.14 bits per heavy atom. The second-order valence-corrected chi connectivity index (χ2v) is 5.39. The molecule has 0 aromatic heterocycles. The number of aliphatic hydroxyl groups excluding tert-OH is 1. The van der Waals surface area contributed by atoms with Crippen molar-refractivity contribution in [2.24, 2.45) is 5.73 Å². The van der Waals surface area contributed by atoms with Crippen LogP contribution >= 0.6 is 11.6 Å². The molecule has 112 valence electrons. The normalized spacial score (nSPS) is 14.0. The standard InChI is InChI=1S/C17H19ClFNO/c1-2-11-6-3-4-7-12(11)17(21)14(10-20)13-8-5-9-15(18)16(13)19/h3-9,14,17,21H,2,10,20H2,1H3. The Kier molecular flexibility index (Phi) is 5.34. The maximum absolute atomic E-state index is 14.2. The number of rotatable bonds is 5. The van der Waals surface area contributed by atoms with Gasteiger partial charge in [0.15, 0.2) is 0 Å². The Bertz CT molecular complexity index is 617. The molecule has 2 aromatic carbocycles.